The van der Waals surface area contributed by atoms with Crippen LogP contribution in [-0.2, 0) is 25.5 Å². The van der Waals surface area contributed by atoms with E-state index in [0.29, 0.717) is 32.2 Å². The van der Waals surface area contributed by atoms with Crippen molar-refractivity contribution in [3.63, 3.8) is 0 Å². The molecular weight excluding hydrogens is 374 g/mol. The topological polar surface area (TPSA) is 93.1 Å². The molecule has 0 unspecified atom stereocenters. The number of benzene rings is 1. The molecule has 156 valence electrons. The van der Waals surface area contributed by atoms with Crippen molar-refractivity contribution in [3.05, 3.63) is 47.2 Å². The molecule has 0 spiro atoms. The maximum absolute atomic E-state index is 12.7. The second-order valence-corrected chi connectivity index (χ2v) is 8.37. The molecule has 2 saturated heterocycles. The van der Waals surface area contributed by atoms with Crippen molar-refractivity contribution >= 4 is 17.8 Å². The van der Waals surface area contributed by atoms with Crippen molar-refractivity contribution in [2.24, 2.45) is 0 Å². The Kier molecular flexibility index (Phi) is 5.96. The van der Waals surface area contributed by atoms with Gasteiger partial charge in [0, 0.05) is 6.54 Å². The van der Waals surface area contributed by atoms with Gasteiger partial charge in [-0.05, 0) is 52.0 Å². The highest BCUT2D eigenvalue weighted by Gasteiger charge is 2.44. The minimum atomic E-state index is -0.920. The number of cyclic esters (lactones) is 1. The summed E-state index contributed by atoms with van der Waals surface area (Å²) < 4.78 is 10.6. The minimum Gasteiger partial charge on any atom is -0.509 e. The standard InChI is InChI=1S/C22H27NO6/c1-22(2,3)29-21(27)23-13-7-10-15(23)18(24)17-19(25)16(28-20(17)26)12-11-14-8-5-4-6-9-14/h4-6,8-9,15-16,24H,7,10-13H2,1-3H3/t15-,16+/m0/s1. The zero-order chi connectivity index (χ0) is 21.2. The van der Waals surface area contributed by atoms with Gasteiger partial charge in [0.25, 0.3) is 0 Å². The van der Waals surface area contributed by atoms with Gasteiger partial charge in [-0.25, -0.2) is 9.59 Å². The van der Waals surface area contributed by atoms with Crippen LogP contribution in [-0.4, -0.2) is 52.1 Å². The molecule has 0 radical (unpaired) electrons. The number of rotatable bonds is 4. The van der Waals surface area contributed by atoms with Crippen molar-refractivity contribution in [1.82, 2.24) is 4.90 Å². The lowest BCUT2D eigenvalue weighted by atomic mass is 9.99. The summed E-state index contributed by atoms with van der Waals surface area (Å²) in [6.07, 6.45) is 0.506. The number of carbonyl (C=O) groups is 3. The second-order valence-electron chi connectivity index (χ2n) is 8.37. The third kappa shape index (κ3) is 4.78. The number of ether oxygens (including phenoxy) is 2. The van der Waals surface area contributed by atoms with Gasteiger partial charge >= 0.3 is 12.1 Å². The van der Waals surface area contributed by atoms with E-state index in [0.717, 1.165) is 5.56 Å². The molecule has 1 N–H and O–H groups in total. The van der Waals surface area contributed by atoms with Gasteiger partial charge < -0.3 is 14.6 Å². The molecule has 0 saturated carbocycles. The number of aliphatic hydroxyl groups excluding tert-OH is 1. The summed E-state index contributed by atoms with van der Waals surface area (Å²) in [5.74, 6) is -1.76. The molecule has 7 nitrogen and oxygen atoms in total. The lowest BCUT2D eigenvalue weighted by molar-refractivity contribution is -0.141. The largest absolute Gasteiger partial charge is 0.509 e. The number of nitrogens with zero attached hydrogens (tertiary/aromatic N) is 1. The lowest BCUT2D eigenvalue weighted by Crippen LogP contribution is -2.41. The van der Waals surface area contributed by atoms with Crippen molar-refractivity contribution < 1.29 is 29.0 Å². The highest BCUT2D eigenvalue weighted by atomic mass is 16.6. The van der Waals surface area contributed by atoms with Gasteiger partial charge in [-0.2, -0.15) is 0 Å². The molecule has 2 heterocycles. The molecule has 3 rings (SSSR count). The Morgan fingerprint density at radius 2 is 1.93 bits per heavy atom. The van der Waals surface area contributed by atoms with Crippen LogP contribution in [0.3, 0.4) is 0 Å². The van der Waals surface area contributed by atoms with Crippen LogP contribution >= 0.6 is 0 Å². The molecule has 0 bridgehead atoms. The number of aliphatic hydroxyl groups is 1. The van der Waals surface area contributed by atoms with Crippen LogP contribution in [0.2, 0.25) is 0 Å². The molecular formula is C22H27NO6. The van der Waals surface area contributed by atoms with E-state index in [-0.39, 0.29) is 5.57 Å². The molecule has 2 fully saturated rings. The fourth-order valence-corrected chi connectivity index (χ4v) is 3.62. The third-order valence-corrected chi connectivity index (χ3v) is 4.98. The van der Waals surface area contributed by atoms with Crippen LogP contribution in [0.1, 0.15) is 45.6 Å². The van der Waals surface area contributed by atoms with Crippen LogP contribution in [0.15, 0.2) is 41.7 Å². The molecule has 1 aromatic carbocycles. The maximum Gasteiger partial charge on any atom is 0.410 e. The van der Waals surface area contributed by atoms with Crippen molar-refractivity contribution in [1.29, 1.82) is 0 Å². The summed E-state index contributed by atoms with van der Waals surface area (Å²) >= 11 is 0. The summed E-state index contributed by atoms with van der Waals surface area (Å²) in [6.45, 7) is 5.65. The Bertz CT molecular complexity index is 823. The van der Waals surface area contributed by atoms with E-state index >= 15 is 0 Å². The molecule has 7 heteroatoms. The second kappa shape index (κ2) is 8.27. The number of ketones is 1. The minimum absolute atomic E-state index is 0.339. The fraction of sp³-hybridized carbons (Fsp3) is 0.500. The number of amides is 1. The number of hydrogen-bond acceptors (Lipinski definition) is 6. The van der Waals surface area contributed by atoms with Crippen LogP contribution in [0, 0.1) is 0 Å². The zero-order valence-corrected chi connectivity index (χ0v) is 17.0. The van der Waals surface area contributed by atoms with Crippen LogP contribution in [0.4, 0.5) is 4.79 Å². The van der Waals surface area contributed by atoms with Crippen molar-refractivity contribution in [2.75, 3.05) is 6.54 Å². The van der Waals surface area contributed by atoms with Gasteiger partial charge in [0.15, 0.2) is 6.10 Å². The van der Waals surface area contributed by atoms with Crippen LogP contribution in [0.5, 0.6) is 0 Å². The molecule has 1 amide bonds. The first-order valence-corrected chi connectivity index (χ1v) is 9.89. The average Bonchev–Trinajstić information content (AvgIpc) is 3.24. The van der Waals surface area contributed by atoms with Gasteiger partial charge in [-0.3, -0.25) is 9.69 Å². The normalized spacial score (nSPS) is 23.9. The number of carbonyl (C=O) groups excluding carboxylic acids is 3. The molecule has 2 aliphatic rings. The quantitative estimate of drug-likeness (QED) is 0.360. The maximum atomic E-state index is 12.7. The molecule has 2 atom stereocenters. The molecule has 0 aromatic heterocycles. The van der Waals surface area contributed by atoms with Crippen molar-refractivity contribution in [2.45, 2.75) is 64.2 Å². The fourth-order valence-electron chi connectivity index (χ4n) is 3.62. The smallest absolute Gasteiger partial charge is 0.410 e. The molecule has 29 heavy (non-hydrogen) atoms. The Morgan fingerprint density at radius 3 is 2.59 bits per heavy atom. The zero-order valence-electron chi connectivity index (χ0n) is 17.0. The number of Topliss-reactive ketones (excluding diaryl/α,β-unsaturated/α-hetero) is 1. The molecule has 0 aliphatic carbocycles. The lowest BCUT2D eigenvalue weighted by Gasteiger charge is -2.28. The van der Waals surface area contributed by atoms with E-state index in [4.69, 9.17) is 9.47 Å². The molecule has 2 aliphatic heterocycles. The number of hydrogen-bond donors (Lipinski definition) is 1. The first-order chi connectivity index (χ1) is 13.7. The monoisotopic (exact) mass is 401 g/mol. The number of likely N-dealkylation sites (tertiary alicyclic amines) is 1. The van der Waals surface area contributed by atoms with Crippen LogP contribution in [0.25, 0.3) is 0 Å². The first-order valence-electron chi connectivity index (χ1n) is 9.89. The van der Waals surface area contributed by atoms with E-state index in [1.165, 1.54) is 4.90 Å². The van der Waals surface area contributed by atoms with Gasteiger partial charge in [-0.1, -0.05) is 30.3 Å². The Morgan fingerprint density at radius 1 is 1.24 bits per heavy atom. The van der Waals surface area contributed by atoms with Gasteiger partial charge in [0.2, 0.25) is 5.78 Å². The van der Waals surface area contributed by atoms with E-state index in [2.05, 4.69) is 0 Å². The summed E-state index contributed by atoms with van der Waals surface area (Å²) in [7, 11) is 0. The average molecular weight is 401 g/mol. The Hall–Kier alpha value is -2.83. The van der Waals surface area contributed by atoms with Gasteiger partial charge in [0.1, 0.15) is 16.9 Å². The highest BCUT2D eigenvalue weighted by Crippen LogP contribution is 2.30. The van der Waals surface area contributed by atoms with E-state index < -0.39 is 41.4 Å². The number of aryl methyl sites for hydroxylation is 1. The van der Waals surface area contributed by atoms with E-state index in [9.17, 15) is 19.5 Å². The Balaban J connectivity index is 1.74. The van der Waals surface area contributed by atoms with E-state index in [1.54, 1.807) is 20.8 Å². The molecule has 1 aromatic rings. The number of esters is 1. The third-order valence-electron chi connectivity index (χ3n) is 4.98. The SMILES string of the molecule is CC(C)(C)OC(=O)N1CCC[C@H]1C(O)=C1C(=O)O[C@H](CCc2ccccc2)C1=O. The first kappa shape index (κ1) is 20.9. The summed E-state index contributed by atoms with van der Waals surface area (Å²) in [5.41, 5.74) is 0.00544. The van der Waals surface area contributed by atoms with Gasteiger partial charge in [0.05, 0.1) is 6.04 Å². The summed E-state index contributed by atoms with van der Waals surface area (Å²) in [4.78, 5) is 38.9. The van der Waals surface area contributed by atoms with E-state index in [1.807, 2.05) is 30.3 Å². The van der Waals surface area contributed by atoms with Gasteiger partial charge in [-0.15, -0.1) is 0 Å². The summed E-state index contributed by atoms with van der Waals surface area (Å²) in [5, 5.41) is 10.7. The highest BCUT2D eigenvalue weighted by molar-refractivity contribution is 6.23. The summed E-state index contributed by atoms with van der Waals surface area (Å²) in [6, 6.07) is 8.82. The predicted octanol–water partition coefficient (Wildman–Crippen LogP) is 3.33. The Labute approximate surface area is 170 Å². The predicted molar refractivity (Wildman–Crippen MR) is 105 cm³/mol. The van der Waals surface area contributed by atoms with Crippen LogP contribution < -0.4 is 0 Å². The van der Waals surface area contributed by atoms with Crippen molar-refractivity contribution in [3.8, 4) is 0 Å².